The summed E-state index contributed by atoms with van der Waals surface area (Å²) in [6.45, 7) is 0.273. The maximum atomic E-state index is 13.0. The maximum Gasteiger partial charge on any atom is 0.328 e. The van der Waals surface area contributed by atoms with E-state index in [0.717, 1.165) is 33.6 Å². The quantitative estimate of drug-likeness (QED) is 0.413. The number of hydrogen-bond donors (Lipinski definition) is 1. The number of fused-ring (bicyclic) bond motifs is 1. The summed E-state index contributed by atoms with van der Waals surface area (Å²) in [6, 6.07) is 22.6. The molecule has 0 unspecified atom stereocenters. The highest BCUT2D eigenvalue weighted by molar-refractivity contribution is 5.91. The molecule has 5 aromatic rings. The Kier molecular flexibility index (Phi) is 5.66. The van der Waals surface area contributed by atoms with Crippen molar-refractivity contribution in [3.8, 4) is 22.8 Å². The van der Waals surface area contributed by atoms with E-state index in [-0.39, 0.29) is 18.1 Å². The fourth-order valence-electron chi connectivity index (χ4n) is 4.01. The third kappa shape index (κ3) is 4.08. The van der Waals surface area contributed by atoms with Crippen LogP contribution in [-0.4, -0.2) is 36.9 Å². The first kappa shape index (κ1) is 22.1. The number of imidazole rings is 1. The van der Waals surface area contributed by atoms with Crippen LogP contribution in [0.1, 0.15) is 16.2 Å². The molecule has 3 aromatic carbocycles. The lowest BCUT2D eigenvalue weighted by Gasteiger charge is -2.07. The average Bonchev–Trinajstić information content (AvgIpc) is 3.44. The van der Waals surface area contributed by atoms with Crippen LogP contribution in [0.25, 0.3) is 28.1 Å². The van der Waals surface area contributed by atoms with E-state index in [1.54, 1.807) is 35.0 Å². The zero-order valence-electron chi connectivity index (χ0n) is 19.6. The Bertz CT molecular complexity index is 1580. The van der Waals surface area contributed by atoms with Crippen molar-refractivity contribution in [1.82, 2.24) is 29.2 Å². The molecule has 0 radical (unpaired) electrons. The first-order chi connectivity index (χ1) is 17.0. The first-order valence-corrected chi connectivity index (χ1v) is 11.1. The first-order valence-electron chi connectivity index (χ1n) is 11.1. The third-order valence-electron chi connectivity index (χ3n) is 5.95. The number of carbonyl (C=O) groups is 1. The molecule has 5 rings (SSSR count). The Morgan fingerprint density at radius 3 is 2.37 bits per heavy atom. The van der Waals surface area contributed by atoms with Crippen molar-refractivity contribution in [2.24, 2.45) is 14.1 Å². The molecule has 0 aliphatic carbocycles. The second kappa shape index (κ2) is 8.94. The van der Waals surface area contributed by atoms with Gasteiger partial charge < -0.3 is 10.1 Å². The minimum atomic E-state index is -0.392. The lowest BCUT2D eigenvalue weighted by atomic mass is 10.2. The van der Waals surface area contributed by atoms with Crippen molar-refractivity contribution >= 4 is 16.9 Å². The highest BCUT2D eigenvalue weighted by atomic mass is 16.5. The number of amides is 1. The number of nitrogens with one attached hydrogen (secondary N) is 1. The molecule has 0 fully saturated rings. The van der Waals surface area contributed by atoms with Gasteiger partial charge in [-0.15, -0.1) is 5.10 Å². The Hall–Kier alpha value is -4.66. The summed E-state index contributed by atoms with van der Waals surface area (Å²) in [6.07, 6.45) is 0. The molecule has 1 N–H and O–H groups in total. The van der Waals surface area contributed by atoms with Crippen molar-refractivity contribution in [2.75, 3.05) is 7.11 Å². The monoisotopic (exact) mass is 468 g/mol. The van der Waals surface area contributed by atoms with E-state index in [1.165, 1.54) is 0 Å². The number of carbonyl (C=O) groups excluding carboxylic acids is 1. The fraction of sp³-hybridized carbons (Fsp3) is 0.154. The molecule has 2 aromatic heterocycles. The second-order valence-electron chi connectivity index (χ2n) is 8.14. The van der Waals surface area contributed by atoms with Gasteiger partial charge in [0.2, 0.25) is 5.82 Å². The van der Waals surface area contributed by atoms with E-state index >= 15 is 0 Å². The van der Waals surface area contributed by atoms with E-state index in [9.17, 15) is 9.59 Å². The van der Waals surface area contributed by atoms with Crippen molar-refractivity contribution in [3.05, 3.63) is 94.7 Å². The van der Waals surface area contributed by atoms with Gasteiger partial charge >= 0.3 is 5.69 Å². The van der Waals surface area contributed by atoms with Gasteiger partial charge in [-0.2, -0.15) is 0 Å². The molecule has 1 amide bonds. The van der Waals surface area contributed by atoms with Crippen LogP contribution in [0.3, 0.4) is 0 Å². The predicted octanol–water partition coefficient (Wildman–Crippen LogP) is 3.06. The van der Waals surface area contributed by atoms with E-state index in [0.29, 0.717) is 5.82 Å². The molecule has 0 spiro atoms. The molecule has 0 saturated heterocycles. The van der Waals surface area contributed by atoms with Crippen molar-refractivity contribution in [2.45, 2.75) is 6.54 Å². The number of aryl methyl sites for hydroxylation is 2. The second-order valence-corrected chi connectivity index (χ2v) is 8.14. The Labute approximate surface area is 201 Å². The number of ether oxygens (including phenoxy) is 1. The van der Waals surface area contributed by atoms with E-state index in [4.69, 9.17) is 4.74 Å². The topological polar surface area (TPSA) is 96.0 Å². The van der Waals surface area contributed by atoms with Gasteiger partial charge in [0.15, 0.2) is 5.82 Å². The van der Waals surface area contributed by atoms with Crippen molar-refractivity contribution in [1.29, 1.82) is 0 Å². The molecule has 0 aliphatic rings. The van der Waals surface area contributed by atoms with Crippen LogP contribution in [0.15, 0.2) is 77.6 Å². The molecule has 0 saturated carbocycles. The largest absolute Gasteiger partial charge is 0.497 e. The highest BCUT2D eigenvalue weighted by Gasteiger charge is 2.19. The Morgan fingerprint density at radius 2 is 1.66 bits per heavy atom. The zero-order valence-corrected chi connectivity index (χ0v) is 19.6. The molecule has 176 valence electrons. The summed E-state index contributed by atoms with van der Waals surface area (Å²) in [7, 11) is 5.08. The number of methoxy groups -OCH3 is 1. The van der Waals surface area contributed by atoms with Crippen LogP contribution < -0.4 is 15.7 Å². The Balaban J connectivity index is 1.43. The summed E-state index contributed by atoms with van der Waals surface area (Å²) >= 11 is 0. The van der Waals surface area contributed by atoms with E-state index < -0.39 is 5.91 Å². The van der Waals surface area contributed by atoms with Gasteiger partial charge in [-0.05, 0) is 42.0 Å². The minimum absolute atomic E-state index is 0.0628. The predicted molar refractivity (Wildman–Crippen MR) is 133 cm³/mol. The smallest absolute Gasteiger partial charge is 0.328 e. The van der Waals surface area contributed by atoms with Gasteiger partial charge in [0.05, 0.1) is 23.8 Å². The summed E-state index contributed by atoms with van der Waals surface area (Å²) in [5.74, 6) is 0.951. The lowest BCUT2D eigenvalue weighted by molar-refractivity contribution is 0.0940. The number of hydrogen-bond acceptors (Lipinski definition) is 5. The molecule has 0 atom stereocenters. The normalized spacial score (nSPS) is 11.1. The lowest BCUT2D eigenvalue weighted by Crippen LogP contribution is -2.24. The molecule has 0 bridgehead atoms. The SMILES string of the molecule is COc1ccc(-n2nc(C(=O)NCc3ccc4c(c3)n(C)c(=O)n4C)nc2-c2ccccc2)cc1. The molecule has 2 heterocycles. The van der Waals surface area contributed by atoms with Crippen molar-refractivity contribution in [3.63, 3.8) is 0 Å². The van der Waals surface area contributed by atoms with E-state index in [2.05, 4.69) is 15.4 Å². The third-order valence-corrected chi connectivity index (χ3v) is 5.95. The van der Waals surface area contributed by atoms with Crippen LogP contribution in [0.5, 0.6) is 5.75 Å². The fourth-order valence-corrected chi connectivity index (χ4v) is 4.01. The van der Waals surface area contributed by atoms with Gasteiger partial charge in [0, 0.05) is 26.2 Å². The summed E-state index contributed by atoms with van der Waals surface area (Å²) in [4.78, 5) is 29.7. The molecule has 0 aliphatic heterocycles. The average molecular weight is 469 g/mol. The van der Waals surface area contributed by atoms with Crippen LogP contribution >= 0.6 is 0 Å². The van der Waals surface area contributed by atoms with Crippen molar-refractivity contribution < 1.29 is 9.53 Å². The van der Waals surface area contributed by atoms with Crippen LogP contribution in [0.2, 0.25) is 0 Å². The zero-order chi connectivity index (χ0) is 24.5. The minimum Gasteiger partial charge on any atom is -0.497 e. The van der Waals surface area contributed by atoms with Gasteiger partial charge in [-0.3, -0.25) is 13.9 Å². The number of benzene rings is 3. The molecular formula is C26H24N6O3. The molecule has 9 heteroatoms. The van der Waals surface area contributed by atoms with Gasteiger partial charge in [-0.25, -0.2) is 14.5 Å². The molecule has 9 nitrogen and oxygen atoms in total. The van der Waals surface area contributed by atoms with Gasteiger partial charge in [0.1, 0.15) is 5.75 Å². The summed E-state index contributed by atoms with van der Waals surface area (Å²) in [5, 5.41) is 7.40. The highest BCUT2D eigenvalue weighted by Crippen LogP contribution is 2.23. The maximum absolute atomic E-state index is 13.0. The number of rotatable bonds is 6. The summed E-state index contributed by atoms with van der Waals surface area (Å²) in [5.41, 5.74) is 4.00. The van der Waals surface area contributed by atoms with Gasteiger partial charge in [0.25, 0.3) is 5.91 Å². The summed E-state index contributed by atoms with van der Waals surface area (Å²) < 4.78 is 10.1. The standard InChI is InChI=1S/C26H24N6O3/c1-30-21-14-9-17(15-22(21)31(2)26(30)34)16-27-25(33)23-28-24(18-7-5-4-6-8-18)32(29-23)19-10-12-20(35-3)13-11-19/h4-15H,16H2,1-3H3,(H,27,33). The van der Waals surface area contributed by atoms with Gasteiger partial charge in [-0.1, -0.05) is 36.4 Å². The Morgan fingerprint density at radius 1 is 0.943 bits per heavy atom. The van der Waals surface area contributed by atoms with Crippen LogP contribution in [0, 0.1) is 0 Å². The number of nitrogens with zero attached hydrogens (tertiary/aromatic N) is 5. The number of aromatic nitrogens is 5. The van der Waals surface area contributed by atoms with E-state index in [1.807, 2.05) is 72.8 Å². The van der Waals surface area contributed by atoms with Crippen LogP contribution in [0.4, 0.5) is 0 Å². The molecule has 35 heavy (non-hydrogen) atoms. The molecular weight excluding hydrogens is 444 g/mol. The van der Waals surface area contributed by atoms with Crippen LogP contribution in [-0.2, 0) is 20.6 Å².